The van der Waals surface area contributed by atoms with Crippen LogP contribution in [0.15, 0.2) is 0 Å². The number of rotatable bonds is 6. The Morgan fingerprint density at radius 1 is 1.50 bits per heavy atom. The van der Waals surface area contributed by atoms with Crippen LogP contribution in [0.3, 0.4) is 0 Å². The first-order valence-electron chi connectivity index (χ1n) is 4.12. The van der Waals surface area contributed by atoms with Crippen LogP contribution >= 0.6 is 12.6 Å². The number of carbonyl (C=O) groups excluding carboxylic acids is 1. The van der Waals surface area contributed by atoms with Crippen LogP contribution in [0.1, 0.15) is 6.42 Å². The van der Waals surface area contributed by atoms with E-state index in [4.69, 9.17) is 16.6 Å². The molecular weight excluding hydrogens is 206 g/mol. The summed E-state index contributed by atoms with van der Waals surface area (Å²) >= 11 is 3.79. The summed E-state index contributed by atoms with van der Waals surface area (Å²) < 4.78 is 0. The van der Waals surface area contributed by atoms with Gasteiger partial charge in [0, 0.05) is 5.75 Å². The van der Waals surface area contributed by atoms with Gasteiger partial charge >= 0.3 is 5.97 Å². The molecular formula is C7H15N3O3S. The molecule has 2 unspecified atom stereocenters. The van der Waals surface area contributed by atoms with Crippen LogP contribution in [0.4, 0.5) is 0 Å². The van der Waals surface area contributed by atoms with E-state index in [1.165, 1.54) is 0 Å². The number of carboxylic acid groups (broad SMARTS) is 1. The number of nitrogens with two attached hydrogens (primary N) is 2. The third kappa shape index (κ3) is 4.45. The normalized spacial score (nSPS) is 14.5. The minimum atomic E-state index is -1.13. The molecule has 0 saturated carbocycles. The highest BCUT2D eigenvalue weighted by Gasteiger charge is 2.21. The molecule has 0 rings (SSSR count). The Labute approximate surface area is 87.4 Å². The van der Waals surface area contributed by atoms with Crippen molar-refractivity contribution in [2.24, 2.45) is 11.5 Å². The molecule has 82 valence electrons. The van der Waals surface area contributed by atoms with Gasteiger partial charge in [-0.05, 0) is 13.0 Å². The maximum absolute atomic E-state index is 11.2. The Morgan fingerprint density at radius 3 is 2.43 bits per heavy atom. The van der Waals surface area contributed by atoms with Gasteiger partial charge in [-0.3, -0.25) is 4.79 Å². The number of carboxylic acids is 1. The number of carbonyl (C=O) groups is 2. The SMILES string of the molecule is NCCC(N)C(=O)NC(CS)C(=O)O. The number of nitrogens with one attached hydrogen (secondary N) is 1. The predicted molar refractivity (Wildman–Crippen MR) is 55.1 cm³/mol. The first-order chi connectivity index (χ1) is 6.52. The Morgan fingerprint density at radius 2 is 2.07 bits per heavy atom. The predicted octanol–water partition coefficient (Wildman–Crippen LogP) is -1.84. The first-order valence-corrected chi connectivity index (χ1v) is 4.75. The highest BCUT2D eigenvalue weighted by atomic mass is 32.1. The van der Waals surface area contributed by atoms with Gasteiger partial charge in [0.25, 0.3) is 0 Å². The maximum atomic E-state index is 11.2. The van der Waals surface area contributed by atoms with Crippen molar-refractivity contribution in [2.45, 2.75) is 18.5 Å². The van der Waals surface area contributed by atoms with Crippen LogP contribution < -0.4 is 16.8 Å². The summed E-state index contributed by atoms with van der Waals surface area (Å²) in [6, 6.07) is -1.77. The second-order valence-corrected chi connectivity index (χ2v) is 3.13. The van der Waals surface area contributed by atoms with E-state index in [0.29, 0.717) is 6.42 Å². The van der Waals surface area contributed by atoms with Crippen LogP contribution in [0.2, 0.25) is 0 Å². The van der Waals surface area contributed by atoms with E-state index in [1.807, 2.05) is 0 Å². The van der Waals surface area contributed by atoms with Crippen molar-refractivity contribution in [1.29, 1.82) is 0 Å². The van der Waals surface area contributed by atoms with Gasteiger partial charge in [0.15, 0.2) is 0 Å². The summed E-state index contributed by atoms with van der Waals surface area (Å²) in [5, 5.41) is 10.9. The lowest BCUT2D eigenvalue weighted by Gasteiger charge is -2.15. The topological polar surface area (TPSA) is 118 Å². The fourth-order valence-electron chi connectivity index (χ4n) is 0.775. The molecule has 0 aliphatic heterocycles. The zero-order valence-electron chi connectivity index (χ0n) is 7.64. The van der Waals surface area contributed by atoms with Crippen molar-refractivity contribution in [3.8, 4) is 0 Å². The van der Waals surface area contributed by atoms with Gasteiger partial charge in [0.05, 0.1) is 6.04 Å². The van der Waals surface area contributed by atoms with Gasteiger partial charge in [0.2, 0.25) is 5.91 Å². The van der Waals surface area contributed by atoms with Crippen molar-refractivity contribution >= 4 is 24.5 Å². The molecule has 6 N–H and O–H groups in total. The smallest absolute Gasteiger partial charge is 0.327 e. The maximum Gasteiger partial charge on any atom is 0.327 e. The Hall–Kier alpha value is -0.790. The summed E-state index contributed by atoms with van der Waals surface area (Å²) in [4.78, 5) is 21.7. The highest BCUT2D eigenvalue weighted by Crippen LogP contribution is 1.92. The zero-order chi connectivity index (χ0) is 11.1. The summed E-state index contributed by atoms with van der Waals surface area (Å²) in [6.45, 7) is 0.285. The van der Waals surface area contributed by atoms with Gasteiger partial charge in [0.1, 0.15) is 6.04 Å². The molecule has 6 nitrogen and oxygen atoms in total. The van der Waals surface area contributed by atoms with Gasteiger partial charge in [-0.15, -0.1) is 0 Å². The summed E-state index contributed by atoms with van der Waals surface area (Å²) in [7, 11) is 0. The van der Waals surface area contributed by atoms with Gasteiger partial charge < -0.3 is 21.9 Å². The zero-order valence-corrected chi connectivity index (χ0v) is 8.54. The molecule has 0 aliphatic rings. The lowest BCUT2D eigenvalue weighted by Crippen LogP contribution is -2.49. The lowest BCUT2D eigenvalue weighted by atomic mass is 10.2. The van der Waals surface area contributed by atoms with E-state index in [0.717, 1.165) is 0 Å². The molecule has 0 aromatic carbocycles. The van der Waals surface area contributed by atoms with Crippen LogP contribution in [-0.2, 0) is 9.59 Å². The number of amides is 1. The molecule has 0 bridgehead atoms. The highest BCUT2D eigenvalue weighted by molar-refractivity contribution is 7.80. The summed E-state index contributed by atoms with van der Waals surface area (Å²) in [5.41, 5.74) is 10.6. The lowest BCUT2D eigenvalue weighted by molar-refractivity contribution is -0.141. The number of thiol groups is 1. The number of hydrogen-bond acceptors (Lipinski definition) is 5. The first kappa shape index (κ1) is 13.2. The molecule has 0 aromatic heterocycles. The van der Waals surface area contributed by atoms with Crippen molar-refractivity contribution in [3.05, 3.63) is 0 Å². The van der Waals surface area contributed by atoms with Crippen LogP contribution in [0, 0.1) is 0 Å². The number of hydrogen-bond donors (Lipinski definition) is 5. The number of aliphatic carboxylic acids is 1. The molecule has 0 aromatic rings. The fraction of sp³-hybridized carbons (Fsp3) is 0.714. The molecule has 0 fully saturated rings. The van der Waals surface area contributed by atoms with E-state index in [9.17, 15) is 9.59 Å². The van der Waals surface area contributed by atoms with Crippen LogP contribution in [-0.4, -0.2) is 41.4 Å². The minimum absolute atomic E-state index is 0.0242. The molecule has 0 heterocycles. The van der Waals surface area contributed by atoms with Gasteiger partial charge in [-0.1, -0.05) is 0 Å². The van der Waals surface area contributed by atoms with Crippen molar-refractivity contribution in [3.63, 3.8) is 0 Å². The van der Waals surface area contributed by atoms with E-state index in [-0.39, 0.29) is 12.3 Å². The average molecular weight is 221 g/mol. The average Bonchev–Trinajstić information content (AvgIpc) is 2.13. The van der Waals surface area contributed by atoms with E-state index >= 15 is 0 Å². The molecule has 0 saturated heterocycles. The largest absolute Gasteiger partial charge is 0.480 e. The molecule has 1 amide bonds. The van der Waals surface area contributed by atoms with Crippen molar-refractivity contribution < 1.29 is 14.7 Å². The Balaban J connectivity index is 4.08. The third-order valence-electron chi connectivity index (χ3n) is 1.61. The van der Waals surface area contributed by atoms with Gasteiger partial charge in [-0.25, -0.2) is 4.79 Å². The Bertz CT molecular complexity index is 212. The second-order valence-electron chi connectivity index (χ2n) is 2.77. The second kappa shape index (κ2) is 6.63. The standard InChI is InChI=1S/C7H15N3O3S/c8-2-1-4(9)6(11)10-5(3-14)7(12)13/h4-5,14H,1-3,8-9H2,(H,10,11)(H,12,13). The van der Waals surface area contributed by atoms with E-state index in [2.05, 4.69) is 17.9 Å². The summed E-state index contributed by atoms with van der Waals surface area (Å²) in [6.07, 6.45) is 0.324. The molecule has 0 radical (unpaired) electrons. The van der Waals surface area contributed by atoms with Crippen molar-refractivity contribution in [1.82, 2.24) is 5.32 Å². The molecule has 7 heteroatoms. The van der Waals surface area contributed by atoms with Crippen LogP contribution in [0.25, 0.3) is 0 Å². The van der Waals surface area contributed by atoms with Crippen LogP contribution in [0.5, 0.6) is 0 Å². The summed E-state index contributed by atoms with van der Waals surface area (Å²) in [5.74, 6) is -1.62. The van der Waals surface area contributed by atoms with E-state index in [1.54, 1.807) is 0 Å². The quantitative estimate of drug-likeness (QED) is 0.338. The molecule has 0 spiro atoms. The third-order valence-corrected chi connectivity index (χ3v) is 1.98. The Kier molecular flexibility index (Phi) is 6.26. The fourth-order valence-corrected chi connectivity index (χ4v) is 1.02. The minimum Gasteiger partial charge on any atom is -0.480 e. The molecule has 14 heavy (non-hydrogen) atoms. The van der Waals surface area contributed by atoms with Gasteiger partial charge in [-0.2, -0.15) is 12.6 Å². The molecule has 2 atom stereocenters. The van der Waals surface area contributed by atoms with Crippen molar-refractivity contribution in [2.75, 3.05) is 12.3 Å². The molecule has 0 aliphatic carbocycles. The monoisotopic (exact) mass is 221 g/mol. The van der Waals surface area contributed by atoms with E-state index < -0.39 is 24.0 Å².